The van der Waals surface area contributed by atoms with Crippen LogP contribution in [0, 0.1) is 17.1 Å². The molecular formula is C25H18FN3O3S. The topological polar surface area (TPSA) is 86.3 Å². The predicted molar refractivity (Wildman–Crippen MR) is 125 cm³/mol. The van der Waals surface area contributed by atoms with Gasteiger partial charge in [-0.2, -0.15) is 16.6 Å². The molecule has 8 heteroatoms. The summed E-state index contributed by atoms with van der Waals surface area (Å²) in [4.78, 5) is 26.2. The molecule has 0 bridgehead atoms. The summed E-state index contributed by atoms with van der Waals surface area (Å²) in [5.41, 5.74) is 2.30. The Kier molecular flexibility index (Phi) is 6.33. The maximum Gasteiger partial charge on any atom is 0.323 e. The Morgan fingerprint density at radius 2 is 1.97 bits per heavy atom. The average Bonchev–Trinajstić information content (AvgIpc) is 3.43. The molecule has 1 N–H and O–H groups in total. The number of aromatic nitrogens is 1. The van der Waals surface area contributed by atoms with E-state index in [0.29, 0.717) is 22.2 Å². The van der Waals surface area contributed by atoms with Gasteiger partial charge in [-0.05, 0) is 58.8 Å². The number of para-hydroxylation sites is 1. The van der Waals surface area contributed by atoms with Crippen molar-refractivity contribution in [2.75, 3.05) is 4.90 Å². The Hall–Kier alpha value is -4.22. The summed E-state index contributed by atoms with van der Waals surface area (Å²) in [6, 6.07) is 16.9. The van der Waals surface area contributed by atoms with Gasteiger partial charge in [-0.15, -0.1) is 0 Å². The number of halogens is 1. The minimum absolute atomic E-state index is 0.146. The SMILES string of the molecule is N#C/C(=C\c1cn(CC(=O)O)c2ccc(F)cc12)C(=O)N(Cc1ccsc1)c1ccccc1. The Balaban J connectivity index is 1.78. The number of carboxylic acid groups (broad SMARTS) is 1. The van der Waals surface area contributed by atoms with E-state index in [1.165, 1.54) is 51.3 Å². The zero-order chi connectivity index (χ0) is 23.4. The molecule has 0 unspecified atom stereocenters. The molecule has 0 radical (unpaired) electrons. The molecule has 0 saturated heterocycles. The van der Waals surface area contributed by atoms with Crippen molar-refractivity contribution < 1.29 is 19.1 Å². The number of anilines is 1. The number of amides is 1. The maximum absolute atomic E-state index is 13.9. The van der Waals surface area contributed by atoms with Gasteiger partial charge in [0.2, 0.25) is 0 Å². The molecule has 33 heavy (non-hydrogen) atoms. The number of hydrogen-bond acceptors (Lipinski definition) is 4. The van der Waals surface area contributed by atoms with E-state index in [4.69, 9.17) is 0 Å². The van der Waals surface area contributed by atoms with Crippen LogP contribution in [0.1, 0.15) is 11.1 Å². The second-order valence-electron chi connectivity index (χ2n) is 7.30. The standard InChI is InChI=1S/C25H18FN3O3S/c26-20-6-7-23-22(11-20)19(14-28(23)15-24(30)31)10-18(12-27)25(32)29(13-17-8-9-33-16-17)21-4-2-1-3-5-21/h1-11,14,16H,13,15H2,(H,30,31)/b18-10+. The number of aliphatic carboxylic acids is 1. The van der Waals surface area contributed by atoms with E-state index >= 15 is 0 Å². The molecular weight excluding hydrogens is 441 g/mol. The van der Waals surface area contributed by atoms with Gasteiger partial charge in [0.1, 0.15) is 24.0 Å². The largest absolute Gasteiger partial charge is 0.480 e. The molecule has 0 spiro atoms. The first-order valence-corrected chi connectivity index (χ1v) is 10.9. The molecule has 6 nitrogen and oxygen atoms in total. The third-order valence-corrected chi connectivity index (χ3v) is 5.80. The monoisotopic (exact) mass is 459 g/mol. The fourth-order valence-corrected chi connectivity index (χ4v) is 4.24. The van der Waals surface area contributed by atoms with Crippen molar-refractivity contribution in [1.29, 1.82) is 5.26 Å². The highest BCUT2D eigenvalue weighted by Crippen LogP contribution is 2.26. The second-order valence-corrected chi connectivity index (χ2v) is 8.08. The molecule has 0 fully saturated rings. The third kappa shape index (κ3) is 4.84. The Bertz CT molecular complexity index is 1390. The molecule has 0 aliphatic rings. The van der Waals surface area contributed by atoms with E-state index in [-0.39, 0.29) is 18.7 Å². The van der Waals surface area contributed by atoms with E-state index in [9.17, 15) is 24.3 Å². The third-order valence-electron chi connectivity index (χ3n) is 5.06. The highest BCUT2D eigenvalue weighted by atomic mass is 32.1. The minimum Gasteiger partial charge on any atom is -0.480 e. The van der Waals surface area contributed by atoms with Gasteiger partial charge in [0.05, 0.1) is 6.54 Å². The lowest BCUT2D eigenvalue weighted by Gasteiger charge is -2.22. The minimum atomic E-state index is -1.06. The summed E-state index contributed by atoms with van der Waals surface area (Å²) >= 11 is 1.51. The van der Waals surface area contributed by atoms with Crippen LogP contribution in [-0.4, -0.2) is 21.6 Å². The normalized spacial score (nSPS) is 11.3. The highest BCUT2D eigenvalue weighted by Gasteiger charge is 2.22. The molecule has 0 saturated carbocycles. The van der Waals surface area contributed by atoms with Crippen LogP contribution in [0.5, 0.6) is 0 Å². The number of thiophene rings is 1. The van der Waals surface area contributed by atoms with Crippen LogP contribution >= 0.6 is 11.3 Å². The van der Waals surface area contributed by atoms with Crippen LogP contribution in [0.2, 0.25) is 0 Å². The Morgan fingerprint density at radius 1 is 1.18 bits per heavy atom. The summed E-state index contributed by atoms with van der Waals surface area (Å²) in [6.07, 6.45) is 2.89. The molecule has 4 rings (SSSR count). The molecule has 4 aromatic rings. The van der Waals surface area contributed by atoms with Gasteiger partial charge in [0.15, 0.2) is 0 Å². The number of benzene rings is 2. The first-order valence-electron chi connectivity index (χ1n) is 9.96. The number of hydrogen-bond donors (Lipinski definition) is 1. The number of nitriles is 1. The fraction of sp³-hybridized carbons (Fsp3) is 0.0800. The summed E-state index contributed by atoms with van der Waals surface area (Å²) in [6.45, 7) is -0.0547. The van der Waals surface area contributed by atoms with Gasteiger partial charge in [-0.3, -0.25) is 9.59 Å². The van der Waals surface area contributed by atoms with Gasteiger partial charge in [0, 0.05) is 28.4 Å². The van der Waals surface area contributed by atoms with Crippen molar-refractivity contribution in [3.05, 3.63) is 94.1 Å². The number of carbonyl (C=O) groups is 2. The Morgan fingerprint density at radius 3 is 2.64 bits per heavy atom. The summed E-state index contributed by atoms with van der Waals surface area (Å²) in [5.74, 6) is -2.07. The lowest BCUT2D eigenvalue weighted by molar-refractivity contribution is -0.137. The number of carboxylic acids is 1. The van der Waals surface area contributed by atoms with Crippen molar-refractivity contribution in [3.63, 3.8) is 0 Å². The summed E-state index contributed by atoms with van der Waals surface area (Å²) in [5, 5.41) is 23.3. The van der Waals surface area contributed by atoms with Crippen LogP contribution in [0.25, 0.3) is 17.0 Å². The average molecular weight is 460 g/mol. The van der Waals surface area contributed by atoms with Crippen LogP contribution in [0.15, 0.2) is 77.1 Å². The number of carbonyl (C=O) groups excluding carboxylic acids is 1. The van der Waals surface area contributed by atoms with Crippen LogP contribution in [0.3, 0.4) is 0 Å². The van der Waals surface area contributed by atoms with Crippen LogP contribution < -0.4 is 4.90 Å². The van der Waals surface area contributed by atoms with E-state index in [1.807, 2.05) is 29.0 Å². The number of rotatable bonds is 7. The van der Waals surface area contributed by atoms with Crippen molar-refractivity contribution >= 4 is 45.9 Å². The molecule has 164 valence electrons. The zero-order valence-electron chi connectivity index (χ0n) is 17.3. The Labute approximate surface area is 193 Å². The van der Waals surface area contributed by atoms with Gasteiger partial charge in [-0.25, -0.2) is 4.39 Å². The van der Waals surface area contributed by atoms with Crippen molar-refractivity contribution in [3.8, 4) is 6.07 Å². The van der Waals surface area contributed by atoms with Crippen LogP contribution in [0.4, 0.5) is 10.1 Å². The van der Waals surface area contributed by atoms with E-state index in [2.05, 4.69) is 0 Å². The lowest BCUT2D eigenvalue weighted by Crippen LogP contribution is -2.31. The van der Waals surface area contributed by atoms with Gasteiger partial charge >= 0.3 is 5.97 Å². The number of nitrogens with zero attached hydrogens (tertiary/aromatic N) is 3. The van der Waals surface area contributed by atoms with Crippen molar-refractivity contribution in [2.24, 2.45) is 0 Å². The smallest absolute Gasteiger partial charge is 0.323 e. The number of fused-ring (bicyclic) bond motifs is 1. The quantitative estimate of drug-likeness (QED) is 0.309. The predicted octanol–water partition coefficient (Wildman–Crippen LogP) is 5.07. The van der Waals surface area contributed by atoms with E-state index < -0.39 is 17.7 Å². The molecule has 1 amide bonds. The van der Waals surface area contributed by atoms with Gasteiger partial charge in [0.25, 0.3) is 5.91 Å². The first-order chi connectivity index (χ1) is 16.0. The fourth-order valence-electron chi connectivity index (χ4n) is 3.58. The summed E-state index contributed by atoms with van der Waals surface area (Å²) in [7, 11) is 0. The zero-order valence-corrected chi connectivity index (χ0v) is 18.1. The van der Waals surface area contributed by atoms with Crippen LogP contribution in [-0.2, 0) is 22.7 Å². The first kappa shape index (κ1) is 22.0. The molecule has 2 aromatic carbocycles. The molecule has 0 aliphatic heterocycles. The summed E-state index contributed by atoms with van der Waals surface area (Å²) < 4.78 is 15.4. The van der Waals surface area contributed by atoms with E-state index in [0.717, 1.165) is 5.56 Å². The maximum atomic E-state index is 13.9. The van der Waals surface area contributed by atoms with E-state index in [1.54, 1.807) is 24.3 Å². The molecule has 2 aromatic heterocycles. The van der Waals surface area contributed by atoms with Crippen molar-refractivity contribution in [2.45, 2.75) is 13.1 Å². The lowest BCUT2D eigenvalue weighted by atomic mass is 10.1. The molecule has 0 atom stereocenters. The molecule has 0 aliphatic carbocycles. The van der Waals surface area contributed by atoms with Gasteiger partial charge < -0.3 is 14.6 Å². The highest BCUT2D eigenvalue weighted by molar-refractivity contribution is 7.07. The van der Waals surface area contributed by atoms with Crippen molar-refractivity contribution in [1.82, 2.24) is 4.57 Å². The molecule has 2 heterocycles. The van der Waals surface area contributed by atoms with Gasteiger partial charge in [-0.1, -0.05) is 18.2 Å². The second kappa shape index (κ2) is 9.51.